The van der Waals surface area contributed by atoms with E-state index in [9.17, 15) is 9.90 Å². The number of hydrogen-bond acceptors (Lipinski definition) is 2. The fraction of sp³-hybridized carbons (Fsp3) is 0.0741. The number of nitrogens with one attached hydrogen (secondary N) is 1. The summed E-state index contributed by atoms with van der Waals surface area (Å²) >= 11 is 0. The molecule has 0 aromatic heterocycles. The normalized spacial score (nSPS) is 11.1. The van der Waals surface area contributed by atoms with Crippen molar-refractivity contribution in [1.82, 2.24) is 0 Å². The third kappa shape index (κ3) is 4.17. The predicted octanol–water partition coefficient (Wildman–Crippen LogP) is 5.42. The van der Waals surface area contributed by atoms with E-state index in [1.807, 2.05) is 109 Å². The zero-order chi connectivity index (χ0) is 20.8. The number of aliphatic hydroxyl groups is 1. The van der Waals surface area contributed by atoms with E-state index < -0.39 is 5.60 Å². The lowest BCUT2D eigenvalue weighted by Crippen LogP contribution is -2.31. The van der Waals surface area contributed by atoms with E-state index in [1.54, 1.807) is 6.07 Å². The second-order valence-corrected chi connectivity index (χ2v) is 7.25. The van der Waals surface area contributed by atoms with E-state index in [-0.39, 0.29) is 12.3 Å². The Balaban J connectivity index is 1.72. The molecule has 0 saturated carbocycles. The summed E-state index contributed by atoms with van der Waals surface area (Å²) in [4.78, 5) is 13.0. The average molecular weight is 393 g/mol. The minimum absolute atomic E-state index is 0.194. The van der Waals surface area contributed by atoms with Crippen LogP contribution >= 0.6 is 0 Å². The predicted molar refractivity (Wildman–Crippen MR) is 120 cm³/mol. The molecule has 0 saturated heterocycles. The molecular weight excluding hydrogens is 370 g/mol. The maximum atomic E-state index is 13.0. The van der Waals surface area contributed by atoms with E-state index in [0.717, 1.165) is 22.4 Å². The van der Waals surface area contributed by atoms with Crippen molar-refractivity contribution in [3.05, 3.63) is 138 Å². The quantitative estimate of drug-likeness (QED) is 0.460. The fourth-order valence-electron chi connectivity index (χ4n) is 3.69. The van der Waals surface area contributed by atoms with Crippen LogP contribution in [0.4, 0.5) is 5.69 Å². The van der Waals surface area contributed by atoms with Gasteiger partial charge in [-0.05, 0) is 34.9 Å². The minimum atomic E-state index is -1.26. The van der Waals surface area contributed by atoms with Crippen LogP contribution < -0.4 is 5.32 Å². The summed E-state index contributed by atoms with van der Waals surface area (Å²) in [5.41, 5.74) is 2.38. The summed E-state index contributed by atoms with van der Waals surface area (Å²) in [6, 6.07) is 36.0. The van der Waals surface area contributed by atoms with E-state index in [2.05, 4.69) is 5.32 Å². The van der Waals surface area contributed by atoms with Gasteiger partial charge in [0.1, 0.15) is 5.60 Å². The molecule has 4 aromatic rings. The van der Waals surface area contributed by atoms with E-state index in [1.165, 1.54) is 0 Å². The van der Waals surface area contributed by atoms with Crippen molar-refractivity contribution in [2.24, 2.45) is 0 Å². The Kier molecular flexibility index (Phi) is 5.73. The average Bonchev–Trinajstić information content (AvgIpc) is 2.81. The van der Waals surface area contributed by atoms with Gasteiger partial charge in [0, 0.05) is 17.7 Å². The zero-order valence-electron chi connectivity index (χ0n) is 16.5. The number of benzene rings is 4. The molecule has 30 heavy (non-hydrogen) atoms. The van der Waals surface area contributed by atoms with E-state index >= 15 is 0 Å². The topological polar surface area (TPSA) is 49.3 Å². The standard InChI is InChI=1S/C27H23NO2/c29-26(28-24-17-8-3-9-18-24)25-19-11-10-12-21(25)20-27(30,22-13-4-1-5-14-22)23-15-6-2-7-16-23/h1-19,30H,20H2,(H,28,29). The van der Waals surface area contributed by atoms with Crippen molar-refractivity contribution in [2.45, 2.75) is 12.0 Å². The second kappa shape index (κ2) is 8.76. The third-order valence-electron chi connectivity index (χ3n) is 5.24. The van der Waals surface area contributed by atoms with E-state index in [0.29, 0.717) is 5.56 Å². The van der Waals surface area contributed by atoms with Gasteiger partial charge in [-0.25, -0.2) is 0 Å². The molecule has 0 bridgehead atoms. The molecule has 148 valence electrons. The number of carbonyl (C=O) groups excluding carboxylic acids is 1. The summed E-state index contributed by atoms with van der Waals surface area (Å²) in [5, 5.41) is 14.8. The Morgan fingerprint density at radius 1 is 0.667 bits per heavy atom. The molecule has 3 nitrogen and oxygen atoms in total. The molecule has 2 N–H and O–H groups in total. The molecule has 0 aliphatic rings. The molecule has 4 rings (SSSR count). The number of rotatable bonds is 6. The summed E-state index contributed by atoms with van der Waals surface area (Å²) in [5.74, 6) is -0.194. The van der Waals surface area contributed by atoms with Gasteiger partial charge in [0.15, 0.2) is 0 Å². The molecule has 3 heteroatoms. The van der Waals surface area contributed by atoms with Crippen molar-refractivity contribution in [3.8, 4) is 0 Å². The fourth-order valence-corrected chi connectivity index (χ4v) is 3.69. The van der Waals surface area contributed by atoms with Crippen LogP contribution in [0.25, 0.3) is 0 Å². The minimum Gasteiger partial charge on any atom is -0.380 e. The van der Waals surface area contributed by atoms with Gasteiger partial charge in [0.05, 0.1) is 0 Å². The first-order chi connectivity index (χ1) is 14.7. The van der Waals surface area contributed by atoms with Crippen LogP contribution in [0.1, 0.15) is 27.0 Å². The highest BCUT2D eigenvalue weighted by atomic mass is 16.3. The molecule has 0 spiro atoms. The van der Waals surface area contributed by atoms with E-state index in [4.69, 9.17) is 0 Å². The first-order valence-corrected chi connectivity index (χ1v) is 9.94. The molecular formula is C27H23NO2. The highest BCUT2D eigenvalue weighted by Crippen LogP contribution is 2.34. The Morgan fingerprint density at radius 2 is 1.13 bits per heavy atom. The maximum Gasteiger partial charge on any atom is 0.255 e. The molecule has 0 atom stereocenters. The first kappa shape index (κ1) is 19.6. The summed E-state index contributed by atoms with van der Waals surface area (Å²) in [6.45, 7) is 0. The molecule has 0 heterocycles. The lowest BCUT2D eigenvalue weighted by atomic mass is 9.80. The van der Waals surface area contributed by atoms with Gasteiger partial charge in [-0.1, -0.05) is 97.1 Å². The lowest BCUT2D eigenvalue weighted by Gasteiger charge is -2.30. The molecule has 0 aliphatic heterocycles. The Labute approximate surface area is 176 Å². The Bertz CT molecular complexity index is 1070. The van der Waals surface area contributed by atoms with Gasteiger partial charge in [-0.3, -0.25) is 4.79 Å². The van der Waals surface area contributed by atoms with Crippen LogP contribution in [-0.4, -0.2) is 11.0 Å². The van der Waals surface area contributed by atoms with Crippen LogP contribution in [0, 0.1) is 0 Å². The van der Waals surface area contributed by atoms with Crippen LogP contribution in [0.15, 0.2) is 115 Å². The maximum absolute atomic E-state index is 13.0. The SMILES string of the molecule is O=C(Nc1ccccc1)c1ccccc1CC(O)(c1ccccc1)c1ccccc1. The van der Waals surface area contributed by atoms with Gasteiger partial charge in [0.25, 0.3) is 5.91 Å². The van der Waals surface area contributed by atoms with Crippen molar-refractivity contribution in [2.75, 3.05) is 5.32 Å². The molecule has 4 aromatic carbocycles. The zero-order valence-corrected chi connectivity index (χ0v) is 16.5. The number of hydrogen-bond donors (Lipinski definition) is 2. The van der Waals surface area contributed by atoms with Crippen molar-refractivity contribution >= 4 is 11.6 Å². The van der Waals surface area contributed by atoms with Gasteiger partial charge in [0.2, 0.25) is 0 Å². The Hall–Kier alpha value is -3.69. The number of anilines is 1. The summed E-state index contributed by atoms with van der Waals surface area (Å²) in [6.07, 6.45) is 0.277. The molecule has 0 fully saturated rings. The number of para-hydroxylation sites is 1. The largest absolute Gasteiger partial charge is 0.380 e. The van der Waals surface area contributed by atoms with Gasteiger partial charge in [-0.15, -0.1) is 0 Å². The number of carbonyl (C=O) groups is 1. The van der Waals surface area contributed by atoms with Crippen molar-refractivity contribution in [1.29, 1.82) is 0 Å². The highest BCUT2D eigenvalue weighted by molar-refractivity contribution is 6.05. The molecule has 0 radical (unpaired) electrons. The lowest BCUT2D eigenvalue weighted by molar-refractivity contribution is 0.0806. The monoisotopic (exact) mass is 393 g/mol. The highest BCUT2D eigenvalue weighted by Gasteiger charge is 2.33. The Morgan fingerprint density at radius 3 is 1.70 bits per heavy atom. The van der Waals surface area contributed by atoms with Crippen LogP contribution in [-0.2, 0) is 12.0 Å². The van der Waals surface area contributed by atoms with Crippen LogP contribution in [0.5, 0.6) is 0 Å². The second-order valence-electron chi connectivity index (χ2n) is 7.25. The van der Waals surface area contributed by atoms with Crippen LogP contribution in [0.3, 0.4) is 0 Å². The summed E-state index contributed by atoms with van der Waals surface area (Å²) in [7, 11) is 0. The van der Waals surface area contributed by atoms with Crippen molar-refractivity contribution in [3.63, 3.8) is 0 Å². The smallest absolute Gasteiger partial charge is 0.255 e. The third-order valence-corrected chi connectivity index (χ3v) is 5.24. The van der Waals surface area contributed by atoms with Crippen molar-refractivity contribution < 1.29 is 9.90 Å². The molecule has 1 amide bonds. The van der Waals surface area contributed by atoms with Crippen LogP contribution in [0.2, 0.25) is 0 Å². The van der Waals surface area contributed by atoms with Gasteiger partial charge >= 0.3 is 0 Å². The number of amides is 1. The summed E-state index contributed by atoms with van der Waals surface area (Å²) < 4.78 is 0. The van der Waals surface area contributed by atoms with Gasteiger partial charge in [-0.2, -0.15) is 0 Å². The molecule has 0 unspecified atom stereocenters. The first-order valence-electron chi connectivity index (χ1n) is 9.94. The molecule has 0 aliphatic carbocycles. The van der Waals surface area contributed by atoms with Gasteiger partial charge < -0.3 is 10.4 Å².